The Morgan fingerprint density at radius 3 is 3.00 bits per heavy atom. The minimum absolute atomic E-state index is 0. The molecule has 1 amide bonds. The average Bonchev–Trinajstić information content (AvgIpc) is 2.88. The molecule has 0 aliphatic carbocycles. The number of hydrogen-bond donors (Lipinski definition) is 1. The molecule has 7 heteroatoms. The van der Waals surface area contributed by atoms with Crippen LogP contribution >= 0.6 is 51.4 Å². The number of hydrogen-bond acceptors (Lipinski definition) is 4. The van der Waals surface area contributed by atoms with Crippen molar-refractivity contribution in [1.82, 2.24) is 10.2 Å². The van der Waals surface area contributed by atoms with Gasteiger partial charge in [-0.3, -0.25) is 10.1 Å². The molecule has 2 rings (SSSR count). The van der Waals surface area contributed by atoms with Crippen LogP contribution in [0.3, 0.4) is 0 Å². The summed E-state index contributed by atoms with van der Waals surface area (Å²) < 4.78 is 1.11. The topological polar surface area (TPSA) is 32.3 Å². The van der Waals surface area contributed by atoms with Gasteiger partial charge in [0.15, 0.2) is 0 Å². The quantitative estimate of drug-likeness (QED) is 0.902. The van der Waals surface area contributed by atoms with Gasteiger partial charge in [-0.15, -0.1) is 35.5 Å². The van der Waals surface area contributed by atoms with Gasteiger partial charge in [0.2, 0.25) is 5.91 Å². The number of halogens is 2. The van der Waals surface area contributed by atoms with Gasteiger partial charge in [-0.25, -0.2) is 0 Å². The third kappa shape index (κ3) is 4.13. The van der Waals surface area contributed by atoms with E-state index in [2.05, 4.69) is 32.7 Å². The predicted octanol–water partition coefficient (Wildman–Crippen LogP) is 2.55. The first-order valence-corrected chi connectivity index (χ1v) is 7.78. The Hall–Kier alpha value is 0.250. The highest BCUT2D eigenvalue weighted by Gasteiger charge is 2.25. The van der Waals surface area contributed by atoms with Crippen LogP contribution in [0.25, 0.3) is 0 Å². The lowest BCUT2D eigenvalue weighted by molar-refractivity contribution is -0.131. The molecule has 96 valence electrons. The van der Waals surface area contributed by atoms with Gasteiger partial charge < -0.3 is 4.90 Å². The van der Waals surface area contributed by atoms with E-state index in [9.17, 15) is 4.79 Å². The first kappa shape index (κ1) is 15.3. The van der Waals surface area contributed by atoms with E-state index in [1.54, 1.807) is 28.0 Å². The predicted molar refractivity (Wildman–Crippen MR) is 80.0 cm³/mol. The number of amides is 1. The summed E-state index contributed by atoms with van der Waals surface area (Å²) in [5.41, 5.74) is 1.18. The zero-order valence-electron chi connectivity index (χ0n) is 9.31. The van der Waals surface area contributed by atoms with Crippen molar-refractivity contribution in [2.75, 3.05) is 18.7 Å². The van der Waals surface area contributed by atoms with Crippen LogP contribution in [0.15, 0.2) is 15.2 Å². The van der Waals surface area contributed by atoms with Gasteiger partial charge in [-0.2, -0.15) is 0 Å². The average molecular weight is 358 g/mol. The fourth-order valence-electron chi connectivity index (χ4n) is 1.60. The highest BCUT2D eigenvalue weighted by Crippen LogP contribution is 2.22. The minimum Gasteiger partial charge on any atom is -0.340 e. The van der Waals surface area contributed by atoms with Crippen LogP contribution in [0.2, 0.25) is 0 Å². The molecular weight excluding hydrogens is 344 g/mol. The second-order valence-electron chi connectivity index (χ2n) is 3.73. The molecular formula is C10H14BrClN2OS2. The van der Waals surface area contributed by atoms with Crippen LogP contribution < -0.4 is 5.32 Å². The fourth-order valence-corrected chi connectivity index (χ4v) is 3.73. The number of carbonyl (C=O) groups is 1. The standard InChI is InChI=1S/C10H13BrN2OS2.ClH/c1-13(3-7-2-9(11)16-4-7)10(14)8-5-15-6-12-8;/h2,4,8,12H,3,5-6H2,1H3;1H. The lowest BCUT2D eigenvalue weighted by Gasteiger charge is -2.20. The molecule has 0 saturated carbocycles. The molecule has 17 heavy (non-hydrogen) atoms. The maximum Gasteiger partial charge on any atom is 0.240 e. The molecule has 0 bridgehead atoms. The highest BCUT2D eigenvalue weighted by atomic mass is 79.9. The van der Waals surface area contributed by atoms with Crippen LogP contribution in [0.4, 0.5) is 0 Å². The third-order valence-electron chi connectivity index (χ3n) is 2.43. The van der Waals surface area contributed by atoms with E-state index in [0.29, 0.717) is 6.54 Å². The Balaban J connectivity index is 0.00000144. The van der Waals surface area contributed by atoms with Crippen molar-refractivity contribution in [2.45, 2.75) is 12.6 Å². The van der Waals surface area contributed by atoms with Gasteiger partial charge in [-0.05, 0) is 32.9 Å². The molecule has 3 nitrogen and oxygen atoms in total. The Kier molecular flexibility index (Phi) is 6.30. The van der Waals surface area contributed by atoms with Crippen molar-refractivity contribution >= 4 is 57.3 Å². The molecule has 1 aromatic rings. The Labute approximate surface area is 124 Å². The van der Waals surface area contributed by atoms with E-state index in [1.807, 2.05) is 7.05 Å². The summed E-state index contributed by atoms with van der Waals surface area (Å²) in [5.74, 6) is 1.96. The largest absolute Gasteiger partial charge is 0.340 e. The zero-order chi connectivity index (χ0) is 11.5. The smallest absolute Gasteiger partial charge is 0.240 e. The van der Waals surface area contributed by atoms with Crippen LogP contribution in [-0.2, 0) is 11.3 Å². The zero-order valence-corrected chi connectivity index (χ0v) is 13.3. The molecule has 1 fully saturated rings. The van der Waals surface area contributed by atoms with Crippen molar-refractivity contribution in [2.24, 2.45) is 0 Å². The molecule has 1 atom stereocenters. The number of thioether (sulfide) groups is 1. The minimum atomic E-state index is -0.00271. The van der Waals surface area contributed by atoms with E-state index in [-0.39, 0.29) is 24.4 Å². The van der Waals surface area contributed by atoms with E-state index < -0.39 is 0 Å². The maximum absolute atomic E-state index is 12.0. The van der Waals surface area contributed by atoms with Crippen molar-refractivity contribution in [3.8, 4) is 0 Å². The summed E-state index contributed by atoms with van der Waals surface area (Å²) in [6.45, 7) is 0.684. The van der Waals surface area contributed by atoms with Gasteiger partial charge in [0.25, 0.3) is 0 Å². The van der Waals surface area contributed by atoms with Gasteiger partial charge in [0.05, 0.1) is 9.83 Å². The second kappa shape index (κ2) is 6.99. The van der Waals surface area contributed by atoms with Gasteiger partial charge in [-0.1, -0.05) is 0 Å². The van der Waals surface area contributed by atoms with Crippen LogP contribution in [0, 0.1) is 0 Å². The Morgan fingerprint density at radius 2 is 2.47 bits per heavy atom. The van der Waals surface area contributed by atoms with Gasteiger partial charge in [0.1, 0.15) is 0 Å². The lowest BCUT2D eigenvalue weighted by Crippen LogP contribution is -2.42. The first-order chi connectivity index (χ1) is 7.66. The highest BCUT2D eigenvalue weighted by molar-refractivity contribution is 9.11. The van der Waals surface area contributed by atoms with Crippen molar-refractivity contribution < 1.29 is 4.79 Å². The third-order valence-corrected chi connectivity index (χ3v) is 4.93. The maximum atomic E-state index is 12.0. The summed E-state index contributed by atoms with van der Waals surface area (Å²) in [6, 6.07) is 2.06. The van der Waals surface area contributed by atoms with E-state index in [0.717, 1.165) is 15.4 Å². The van der Waals surface area contributed by atoms with E-state index >= 15 is 0 Å². The summed E-state index contributed by atoms with van der Waals surface area (Å²) in [6.07, 6.45) is 0. The van der Waals surface area contributed by atoms with Gasteiger partial charge in [0, 0.05) is 25.2 Å². The number of rotatable bonds is 3. The number of likely N-dealkylation sites (N-methyl/N-ethyl adjacent to an activating group) is 1. The monoisotopic (exact) mass is 356 g/mol. The molecule has 1 saturated heterocycles. The summed E-state index contributed by atoms with van der Waals surface area (Å²) >= 11 is 6.85. The number of carbonyl (C=O) groups excluding carboxylic acids is 1. The number of thiophene rings is 1. The normalized spacial score (nSPS) is 18.8. The fraction of sp³-hybridized carbons (Fsp3) is 0.500. The molecule has 0 radical (unpaired) electrons. The second-order valence-corrected chi connectivity index (χ2v) is 7.05. The summed E-state index contributed by atoms with van der Waals surface area (Å²) in [4.78, 5) is 13.8. The van der Waals surface area contributed by atoms with Crippen molar-refractivity contribution in [3.63, 3.8) is 0 Å². The van der Waals surface area contributed by atoms with Crippen molar-refractivity contribution in [1.29, 1.82) is 0 Å². The molecule has 1 aliphatic rings. The van der Waals surface area contributed by atoms with E-state index in [1.165, 1.54) is 5.56 Å². The molecule has 1 aromatic heterocycles. The molecule has 1 N–H and O–H groups in total. The number of nitrogens with one attached hydrogen (secondary N) is 1. The summed E-state index contributed by atoms with van der Waals surface area (Å²) in [5, 5.41) is 5.27. The Morgan fingerprint density at radius 1 is 1.71 bits per heavy atom. The molecule has 0 spiro atoms. The Bertz CT molecular complexity index is 382. The van der Waals surface area contributed by atoms with Gasteiger partial charge >= 0.3 is 0 Å². The molecule has 0 aromatic carbocycles. The lowest BCUT2D eigenvalue weighted by atomic mass is 10.2. The van der Waals surface area contributed by atoms with Crippen molar-refractivity contribution in [3.05, 3.63) is 20.8 Å². The SMILES string of the molecule is CN(Cc1csc(Br)c1)C(=O)C1CSCN1.Cl. The van der Waals surface area contributed by atoms with Crippen LogP contribution in [0.5, 0.6) is 0 Å². The summed E-state index contributed by atoms with van der Waals surface area (Å²) in [7, 11) is 1.86. The van der Waals surface area contributed by atoms with E-state index in [4.69, 9.17) is 0 Å². The molecule has 1 aliphatic heterocycles. The first-order valence-electron chi connectivity index (χ1n) is 4.96. The van der Waals surface area contributed by atoms with Crippen LogP contribution in [-0.4, -0.2) is 35.5 Å². The number of nitrogens with zero attached hydrogens (tertiary/aromatic N) is 1. The molecule has 2 heterocycles. The molecule has 1 unspecified atom stereocenters. The van der Waals surface area contributed by atoms with Crippen LogP contribution in [0.1, 0.15) is 5.56 Å².